The number of ketones is 1. The van der Waals surface area contributed by atoms with Crippen LogP contribution in [-0.4, -0.2) is 5.78 Å². The Morgan fingerprint density at radius 3 is 2.56 bits per heavy atom. The molecule has 0 spiro atoms. The molecule has 0 amide bonds. The number of rotatable bonds is 4. The maximum Gasteiger partial charge on any atom is 0.129 e. The van der Waals surface area contributed by atoms with Gasteiger partial charge in [-0.05, 0) is 19.2 Å². The van der Waals surface area contributed by atoms with Gasteiger partial charge in [-0.15, -0.1) is 0 Å². The molecule has 0 heterocycles. The van der Waals surface area contributed by atoms with Crippen LogP contribution in [0, 0.1) is 5.89 Å². The first-order chi connectivity index (χ1) is 4.42. The molecule has 0 aromatic heterocycles. The fourth-order valence-electron chi connectivity index (χ4n) is 0.691. The number of hydrogen-bond acceptors (Lipinski definition) is 1. The Labute approximate surface area is 58.9 Å². The quantitative estimate of drug-likeness (QED) is 0.569. The molecule has 0 aliphatic heterocycles. The SMILES string of the molecule is [2H]C(C)(C)CCCC(C)=O. The minimum Gasteiger partial charge on any atom is -0.300 e. The molecular formula is C8H16O. The van der Waals surface area contributed by atoms with Gasteiger partial charge in [-0.25, -0.2) is 0 Å². The largest absolute Gasteiger partial charge is 0.300 e. The minimum atomic E-state index is -0.366. The molecule has 9 heavy (non-hydrogen) atoms. The summed E-state index contributed by atoms with van der Waals surface area (Å²) in [5, 5.41) is 0. The van der Waals surface area contributed by atoms with Crippen LogP contribution in [0.25, 0.3) is 0 Å². The monoisotopic (exact) mass is 129 g/mol. The molecule has 0 saturated heterocycles. The van der Waals surface area contributed by atoms with E-state index in [9.17, 15) is 4.79 Å². The second-order valence-corrected chi connectivity index (χ2v) is 2.76. The zero-order valence-corrected chi connectivity index (χ0v) is 6.53. The van der Waals surface area contributed by atoms with E-state index in [1.54, 1.807) is 6.92 Å². The lowest BCUT2D eigenvalue weighted by Gasteiger charge is -2.00. The van der Waals surface area contributed by atoms with Crippen molar-refractivity contribution in [3.63, 3.8) is 0 Å². The number of hydrogen-bond donors (Lipinski definition) is 0. The van der Waals surface area contributed by atoms with Crippen LogP contribution in [0.5, 0.6) is 0 Å². The Morgan fingerprint density at radius 2 is 2.22 bits per heavy atom. The summed E-state index contributed by atoms with van der Waals surface area (Å²) >= 11 is 0. The number of carbonyl (C=O) groups excluding carboxylic acids is 1. The van der Waals surface area contributed by atoms with Gasteiger partial charge in [-0.3, -0.25) is 0 Å². The summed E-state index contributed by atoms with van der Waals surface area (Å²) in [7, 11) is 0. The lowest BCUT2D eigenvalue weighted by Crippen LogP contribution is -1.92. The van der Waals surface area contributed by atoms with E-state index in [4.69, 9.17) is 1.37 Å². The molecule has 0 unspecified atom stereocenters. The number of carbonyl (C=O) groups is 1. The van der Waals surface area contributed by atoms with E-state index in [1.807, 2.05) is 13.8 Å². The van der Waals surface area contributed by atoms with E-state index in [-0.39, 0.29) is 11.7 Å². The maximum absolute atomic E-state index is 10.5. The molecule has 1 heteroatoms. The molecule has 0 aliphatic rings. The van der Waals surface area contributed by atoms with Crippen LogP contribution in [0.15, 0.2) is 0 Å². The first-order valence-electron chi connectivity index (χ1n) is 3.91. The molecule has 0 aliphatic carbocycles. The molecule has 0 fully saturated rings. The normalized spacial score (nSPS) is 13.0. The van der Waals surface area contributed by atoms with E-state index >= 15 is 0 Å². The van der Waals surface area contributed by atoms with Crippen molar-refractivity contribution in [2.24, 2.45) is 5.89 Å². The van der Waals surface area contributed by atoms with Crippen molar-refractivity contribution in [1.29, 1.82) is 0 Å². The van der Waals surface area contributed by atoms with Crippen molar-refractivity contribution in [2.45, 2.75) is 40.0 Å². The summed E-state index contributed by atoms with van der Waals surface area (Å²) in [5.74, 6) is -0.139. The van der Waals surface area contributed by atoms with Crippen molar-refractivity contribution < 1.29 is 6.17 Å². The molecule has 54 valence electrons. The second-order valence-electron chi connectivity index (χ2n) is 2.76. The highest BCUT2D eigenvalue weighted by molar-refractivity contribution is 5.75. The Kier molecular flexibility index (Phi) is 3.42. The highest BCUT2D eigenvalue weighted by atomic mass is 16.1. The molecule has 0 aromatic rings. The van der Waals surface area contributed by atoms with Crippen molar-refractivity contribution in [1.82, 2.24) is 0 Å². The summed E-state index contributed by atoms with van der Waals surface area (Å²) < 4.78 is 7.46. The molecule has 0 rings (SSSR count). The standard InChI is InChI=1S/C8H16O/c1-7(2)5-4-6-8(3)9/h7H,4-6H2,1-3H3/i7D. The third-order valence-corrected chi connectivity index (χ3v) is 1.21. The van der Waals surface area contributed by atoms with E-state index < -0.39 is 0 Å². The summed E-state index contributed by atoms with van der Waals surface area (Å²) in [6.07, 6.45) is 2.29. The first kappa shape index (κ1) is 6.79. The summed E-state index contributed by atoms with van der Waals surface area (Å²) in [5.41, 5.74) is 0. The Bertz CT molecular complexity index is 113. The Morgan fingerprint density at radius 1 is 1.67 bits per heavy atom. The van der Waals surface area contributed by atoms with Gasteiger partial charge in [0.2, 0.25) is 0 Å². The fourth-order valence-corrected chi connectivity index (χ4v) is 0.691. The predicted molar refractivity (Wildman–Crippen MR) is 39.4 cm³/mol. The molecule has 0 radical (unpaired) electrons. The molecule has 0 atom stereocenters. The van der Waals surface area contributed by atoms with Gasteiger partial charge in [-0.2, -0.15) is 0 Å². The van der Waals surface area contributed by atoms with Gasteiger partial charge in [0, 0.05) is 7.79 Å². The highest BCUT2D eigenvalue weighted by Crippen LogP contribution is 2.05. The minimum absolute atomic E-state index is 0.226. The van der Waals surface area contributed by atoms with Gasteiger partial charge in [0.1, 0.15) is 5.78 Å². The van der Waals surface area contributed by atoms with Gasteiger partial charge < -0.3 is 4.79 Å². The average Bonchev–Trinajstić information content (AvgIpc) is 1.59. The zero-order chi connectivity index (χ0) is 8.20. The van der Waals surface area contributed by atoms with Crippen LogP contribution in [0.1, 0.15) is 41.4 Å². The van der Waals surface area contributed by atoms with E-state index in [0.29, 0.717) is 6.42 Å². The molecule has 0 bridgehead atoms. The third kappa shape index (κ3) is 7.67. The summed E-state index contributed by atoms with van der Waals surface area (Å²) in [6, 6.07) is 0. The Balaban J connectivity index is 3.29. The lowest BCUT2D eigenvalue weighted by molar-refractivity contribution is -0.117. The van der Waals surface area contributed by atoms with Crippen LogP contribution < -0.4 is 0 Å². The zero-order valence-electron chi connectivity index (χ0n) is 7.53. The van der Waals surface area contributed by atoms with E-state index in [1.165, 1.54) is 0 Å². The van der Waals surface area contributed by atoms with Gasteiger partial charge in [-0.1, -0.05) is 20.3 Å². The predicted octanol–water partition coefficient (Wildman–Crippen LogP) is 2.40. The molecule has 1 nitrogen and oxygen atoms in total. The van der Waals surface area contributed by atoms with Gasteiger partial charge in [0.25, 0.3) is 0 Å². The van der Waals surface area contributed by atoms with E-state index in [0.717, 1.165) is 12.8 Å². The Hall–Kier alpha value is -0.330. The maximum atomic E-state index is 10.5. The lowest BCUT2D eigenvalue weighted by atomic mass is 10.1. The topological polar surface area (TPSA) is 17.1 Å². The first-order valence-corrected chi connectivity index (χ1v) is 3.41. The van der Waals surface area contributed by atoms with Crippen molar-refractivity contribution in [3.05, 3.63) is 0 Å². The van der Waals surface area contributed by atoms with Crippen LogP contribution >= 0.6 is 0 Å². The van der Waals surface area contributed by atoms with Crippen LogP contribution in [0.3, 0.4) is 0 Å². The van der Waals surface area contributed by atoms with Crippen molar-refractivity contribution in [3.8, 4) is 0 Å². The van der Waals surface area contributed by atoms with Crippen molar-refractivity contribution >= 4 is 5.78 Å². The summed E-state index contributed by atoms with van der Waals surface area (Å²) in [6.45, 7) is 5.33. The van der Waals surface area contributed by atoms with Crippen LogP contribution in [0.2, 0.25) is 0 Å². The second kappa shape index (κ2) is 4.54. The molecule has 0 N–H and O–H groups in total. The van der Waals surface area contributed by atoms with Crippen LogP contribution in [-0.2, 0) is 4.79 Å². The molecule has 0 aromatic carbocycles. The summed E-state index contributed by atoms with van der Waals surface area (Å²) in [4.78, 5) is 10.5. The molecule has 0 saturated carbocycles. The smallest absolute Gasteiger partial charge is 0.129 e. The van der Waals surface area contributed by atoms with Gasteiger partial charge in [0.15, 0.2) is 0 Å². The van der Waals surface area contributed by atoms with Crippen molar-refractivity contribution in [2.75, 3.05) is 0 Å². The fraction of sp³-hybridized carbons (Fsp3) is 0.875. The average molecular weight is 129 g/mol. The highest BCUT2D eigenvalue weighted by Gasteiger charge is 1.95. The van der Waals surface area contributed by atoms with Crippen LogP contribution in [0.4, 0.5) is 0 Å². The molecular weight excluding hydrogens is 112 g/mol. The van der Waals surface area contributed by atoms with Gasteiger partial charge in [0.05, 0.1) is 0 Å². The number of Topliss-reactive ketones (excluding diaryl/α,β-unsaturated/α-hetero) is 1. The van der Waals surface area contributed by atoms with Gasteiger partial charge >= 0.3 is 0 Å². The van der Waals surface area contributed by atoms with E-state index in [2.05, 4.69) is 0 Å². The third-order valence-electron chi connectivity index (χ3n) is 1.21.